The number of halogens is 2. The molecule has 0 radical (unpaired) electrons. The van der Waals surface area contributed by atoms with Crippen molar-refractivity contribution >= 4 is 45.0 Å². The first-order valence-corrected chi connectivity index (χ1v) is 10.4. The average molecular weight is 472 g/mol. The van der Waals surface area contributed by atoms with Crippen LogP contribution in [-0.2, 0) is 4.74 Å². The predicted molar refractivity (Wildman–Crippen MR) is 119 cm³/mol. The molecule has 7 heteroatoms. The van der Waals surface area contributed by atoms with Gasteiger partial charge in [0.25, 0.3) is 5.91 Å². The Labute approximate surface area is 181 Å². The fourth-order valence-electron chi connectivity index (χ4n) is 3.19. The van der Waals surface area contributed by atoms with Crippen LogP contribution >= 0.6 is 28.3 Å². The molecule has 0 aromatic heterocycles. The van der Waals surface area contributed by atoms with Crippen LogP contribution in [0.2, 0.25) is 0 Å². The van der Waals surface area contributed by atoms with E-state index in [9.17, 15) is 4.79 Å². The molecular weight excluding hydrogens is 444 g/mol. The van der Waals surface area contributed by atoms with Crippen LogP contribution in [0.4, 0.5) is 0 Å². The molecule has 1 heterocycles. The van der Waals surface area contributed by atoms with E-state index in [0.717, 1.165) is 60.9 Å². The van der Waals surface area contributed by atoms with Crippen molar-refractivity contribution < 1.29 is 14.3 Å². The second-order valence-corrected chi connectivity index (χ2v) is 7.55. The number of nitrogens with zero attached hydrogens (tertiary/aromatic N) is 1. The Kier molecular flexibility index (Phi) is 9.51. The number of rotatable bonds is 8. The fourth-order valence-corrected chi connectivity index (χ4v) is 3.77. The van der Waals surface area contributed by atoms with E-state index in [1.165, 1.54) is 0 Å². The average Bonchev–Trinajstić information content (AvgIpc) is 2.70. The minimum absolute atomic E-state index is 0. The zero-order chi connectivity index (χ0) is 19.1. The number of hydrogen-bond acceptors (Lipinski definition) is 4. The summed E-state index contributed by atoms with van der Waals surface area (Å²) in [5, 5.41) is 5.06. The second kappa shape index (κ2) is 11.6. The maximum Gasteiger partial charge on any atom is 0.255 e. The summed E-state index contributed by atoms with van der Waals surface area (Å²) in [4.78, 5) is 15.2. The van der Waals surface area contributed by atoms with Gasteiger partial charge in [-0.2, -0.15) is 0 Å². The smallest absolute Gasteiger partial charge is 0.255 e. The zero-order valence-electron chi connectivity index (χ0n) is 16.2. The molecular formula is C21H28BrClN2O3. The van der Waals surface area contributed by atoms with Gasteiger partial charge in [0.15, 0.2) is 0 Å². The maximum absolute atomic E-state index is 12.9. The van der Waals surface area contributed by atoms with Crippen molar-refractivity contribution in [2.75, 3.05) is 46.0 Å². The summed E-state index contributed by atoms with van der Waals surface area (Å²) in [5.74, 6) is 0.576. The molecule has 1 fully saturated rings. The topological polar surface area (TPSA) is 50.8 Å². The lowest BCUT2D eigenvalue weighted by Crippen LogP contribution is -2.41. The van der Waals surface area contributed by atoms with Gasteiger partial charge >= 0.3 is 0 Å². The van der Waals surface area contributed by atoms with E-state index in [0.29, 0.717) is 24.5 Å². The molecule has 3 rings (SSSR count). The molecule has 1 aliphatic rings. The highest BCUT2D eigenvalue weighted by Gasteiger charge is 2.18. The first-order chi connectivity index (χ1) is 13.2. The third-order valence-electron chi connectivity index (χ3n) is 4.75. The first kappa shape index (κ1) is 22.9. The van der Waals surface area contributed by atoms with Crippen LogP contribution in [0.25, 0.3) is 10.8 Å². The van der Waals surface area contributed by atoms with Gasteiger partial charge in [0.2, 0.25) is 0 Å². The molecule has 0 saturated carbocycles. The SMILES string of the molecule is CCCCOc1c(C(=O)NCCN2CCOCC2)cc(Br)c2ccccc12.Cl. The molecule has 0 aliphatic carbocycles. The Bertz CT molecular complexity index is 782. The molecule has 2 aromatic carbocycles. The van der Waals surface area contributed by atoms with Crippen LogP contribution in [0.3, 0.4) is 0 Å². The highest BCUT2D eigenvalue weighted by Crippen LogP contribution is 2.35. The van der Waals surface area contributed by atoms with Crippen molar-refractivity contribution in [3.8, 4) is 5.75 Å². The van der Waals surface area contributed by atoms with Crippen molar-refractivity contribution in [2.45, 2.75) is 19.8 Å². The molecule has 1 N–H and O–H groups in total. The fraction of sp³-hybridized carbons (Fsp3) is 0.476. The summed E-state index contributed by atoms with van der Waals surface area (Å²) in [6.45, 7) is 7.54. The van der Waals surface area contributed by atoms with Crippen molar-refractivity contribution in [3.63, 3.8) is 0 Å². The molecule has 0 atom stereocenters. The molecule has 1 saturated heterocycles. The Morgan fingerprint density at radius 3 is 2.68 bits per heavy atom. The van der Waals surface area contributed by atoms with Crippen LogP contribution in [0.1, 0.15) is 30.1 Å². The normalized spacial score (nSPS) is 14.5. The molecule has 2 aromatic rings. The molecule has 0 bridgehead atoms. The number of carbonyl (C=O) groups excluding carboxylic acids is 1. The number of benzene rings is 2. The summed E-state index contributed by atoms with van der Waals surface area (Å²) >= 11 is 3.61. The largest absolute Gasteiger partial charge is 0.492 e. The van der Waals surface area contributed by atoms with Crippen LogP contribution in [0.15, 0.2) is 34.8 Å². The number of hydrogen-bond donors (Lipinski definition) is 1. The standard InChI is InChI=1S/C21H27BrN2O3.ClH/c1-2-3-12-27-20-17-7-5-4-6-16(17)19(22)15-18(20)21(25)23-8-9-24-10-13-26-14-11-24;/h4-7,15H,2-3,8-14H2,1H3,(H,23,25);1H. The van der Waals surface area contributed by atoms with Gasteiger partial charge in [0.05, 0.1) is 25.4 Å². The lowest BCUT2D eigenvalue weighted by atomic mass is 10.0. The Morgan fingerprint density at radius 2 is 1.96 bits per heavy atom. The number of nitrogens with one attached hydrogen (secondary N) is 1. The third-order valence-corrected chi connectivity index (χ3v) is 5.41. The van der Waals surface area contributed by atoms with Gasteiger partial charge in [-0.05, 0) is 17.9 Å². The lowest BCUT2D eigenvalue weighted by molar-refractivity contribution is 0.0383. The van der Waals surface area contributed by atoms with E-state index < -0.39 is 0 Å². The molecule has 1 aliphatic heterocycles. The number of unbranched alkanes of at least 4 members (excludes halogenated alkanes) is 1. The second-order valence-electron chi connectivity index (χ2n) is 6.69. The van der Waals surface area contributed by atoms with E-state index in [2.05, 4.69) is 33.1 Å². The number of carbonyl (C=O) groups is 1. The van der Waals surface area contributed by atoms with Gasteiger partial charge in [-0.25, -0.2) is 0 Å². The third kappa shape index (κ3) is 5.83. The van der Waals surface area contributed by atoms with Crippen LogP contribution in [-0.4, -0.2) is 56.8 Å². The minimum atomic E-state index is -0.0961. The number of fused-ring (bicyclic) bond motifs is 1. The molecule has 1 amide bonds. The predicted octanol–water partition coefficient (Wildman–Crippen LogP) is 4.27. The van der Waals surface area contributed by atoms with Gasteiger partial charge in [-0.15, -0.1) is 12.4 Å². The van der Waals surface area contributed by atoms with Gasteiger partial charge in [0, 0.05) is 36.0 Å². The van der Waals surface area contributed by atoms with Gasteiger partial charge in [0.1, 0.15) is 5.75 Å². The van der Waals surface area contributed by atoms with Crippen molar-refractivity contribution in [1.29, 1.82) is 0 Å². The summed E-state index contributed by atoms with van der Waals surface area (Å²) in [6.07, 6.45) is 2.01. The van der Waals surface area contributed by atoms with Crippen LogP contribution in [0, 0.1) is 0 Å². The Balaban J connectivity index is 0.00000280. The molecule has 0 unspecified atom stereocenters. The Morgan fingerprint density at radius 1 is 1.25 bits per heavy atom. The molecule has 28 heavy (non-hydrogen) atoms. The van der Waals surface area contributed by atoms with Crippen molar-refractivity contribution in [3.05, 3.63) is 40.4 Å². The highest BCUT2D eigenvalue weighted by molar-refractivity contribution is 9.10. The van der Waals surface area contributed by atoms with E-state index in [4.69, 9.17) is 9.47 Å². The summed E-state index contributed by atoms with van der Waals surface area (Å²) < 4.78 is 12.3. The quantitative estimate of drug-likeness (QED) is 0.584. The van der Waals surface area contributed by atoms with E-state index >= 15 is 0 Å². The van der Waals surface area contributed by atoms with Gasteiger partial charge in [-0.1, -0.05) is 53.5 Å². The first-order valence-electron chi connectivity index (χ1n) is 9.63. The van der Waals surface area contributed by atoms with Gasteiger partial charge < -0.3 is 14.8 Å². The minimum Gasteiger partial charge on any atom is -0.492 e. The van der Waals surface area contributed by atoms with E-state index in [1.54, 1.807) is 0 Å². The van der Waals surface area contributed by atoms with E-state index in [1.807, 2.05) is 30.3 Å². The van der Waals surface area contributed by atoms with E-state index in [-0.39, 0.29) is 18.3 Å². The number of ether oxygens (including phenoxy) is 2. The number of morpholine rings is 1. The van der Waals surface area contributed by atoms with Crippen LogP contribution < -0.4 is 10.1 Å². The lowest BCUT2D eigenvalue weighted by Gasteiger charge is -2.26. The molecule has 154 valence electrons. The summed E-state index contributed by atoms with van der Waals surface area (Å²) in [5.41, 5.74) is 0.582. The van der Waals surface area contributed by atoms with Gasteiger partial charge in [-0.3, -0.25) is 9.69 Å². The zero-order valence-corrected chi connectivity index (χ0v) is 18.6. The summed E-state index contributed by atoms with van der Waals surface area (Å²) in [6, 6.07) is 9.87. The van der Waals surface area contributed by atoms with Crippen molar-refractivity contribution in [1.82, 2.24) is 10.2 Å². The summed E-state index contributed by atoms with van der Waals surface area (Å²) in [7, 11) is 0. The highest BCUT2D eigenvalue weighted by atomic mass is 79.9. The monoisotopic (exact) mass is 470 g/mol. The number of amides is 1. The molecule has 5 nitrogen and oxygen atoms in total. The van der Waals surface area contributed by atoms with Crippen molar-refractivity contribution in [2.24, 2.45) is 0 Å². The maximum atomic E-state index is 12.9. The van der Waals surface area contributed by atoms with Crippen LogP contribution in [0.5, 0.6) is 5.75 Å². The Hall–Kier alpha value is -1.34. The molecule has 0 spiro atoms.